The van der Waals surface area contributed by atoms with Crippen LogP contribution in [0.25, 0.3) is 0 Å². The molecule has 114 valence electrons. The lowest BCUT2D eigenvalue weighted by Crippen LogP contribution is -2.42. The number of aromatic nitrogens is 2. The Morgan fingerprint density at radius 1 is 1.40 bits per heavy atom. The number of nitrogens with one attached hydrogen (secondary N) is 1. The predicted molar refractivity (Wildman–Crippen MR) is 83.8 cm³/mol. The molecule has 0 bridgehead atoms. The van der Waals surface area contributed by atoms with Crippen molar-refractivity contribution in [2.45, 2.75) is 45.6 Å². The topological polar surface area (TPSA) is 33.1 Å². The summed E-state index contributed by atoms with van der Waals surface area (Å²) in [5.41, 5.74) is 0. The van der Waals surface area contributed by atoms with Crippen LogP contribution in [-0.2, 0) is 13.5 Å². The van der Waals surface area contributed by atoms with Gasteiger partial charge in [-0.2, -0.15) is 0 Å². The van der Waals surface area contributed by atoms with Crippen molar-refractivity contribution in [3.05, 3.63) is 18.2 Å². The fourth-order valence-electron chi connectivity index (χ4n) is 3.11. The van der Waals surface area contributed by atoms with Gasteiger partial charge in [-0.05, 0) is 51.7 Å². The van der Waals surface area contributed by atoms with E-state index in [0.29, 0.717) is 6.04 Å². The first-order valence-electron chi connectivity index (χ1n) is 8.12. The van der Waals surface area contributed by atoms with E-state index < -0.39 is 0 Å². The van der Waals surface area contributed by atoms with Crippen LogP contribution in [0.5, 0.6) is 0 Å². The summed E-state index contributed by atoms with van der Waals surface area (Å²) in [5, 5.41) is 3.65. The molecule has 1 aromatic heterocycles. The monoisotopic (exact) mass is 278 g/mol. The van der Waals surface area contributed by atoms with E-state index >= 15 is 0 Å². The Hall–Kier alpha value is -0.870. The van der Waals surface area contributed by atoms with Gasteiger partial charge in [-0.15, -0.1) is 0 Å². The van der Waals surface area contributed by atoms with E-state index in [1.807, 2.05) is 12.4 Å². The molecule has 0 aliphatic carbocycles. The number of aryl methyl sites for hydroxylation is 1. The number of imidazole rings is 1. The molecule has 0 saturated carbocycles. The summed E-state index contributed by atoms with van der Waals surface area (Å²) in [7, 11) is 2.08. The second-order valence-electron chi connectivity index (χ2n) is 6.13. The van der Waals surface area contributed by atoms with Gasteiger partial charge < -0.3 is 14.8 Å². The average molecular weight is 278 g/mol. The third kappa shape index (κ3) is 4.32. The third-order valence-electron chi connectivity index (χ3n) is 4.63. The minimum atomic E-state index is 0.673. The van der Waals surface area contributed by atoms with Crippen LogP contribution < -0.4 is 5.32 Å². The quantitative estimate of drug-likeness (QED) is 0.829. The zero-order chi connectivity index (χ0) is 14.4. The Kier molecular flexibility index (Phi) is 6.05. The summed E-state index contributed by atoms with van der Waals surface area (Å²) in [5.74, 6) is 2.05. The van der Waals surface area contributed by atoms with E-state index in [1.165, 1.54) is 38.2 Å². The number of hydrogen-bond acceptors (Lipinski definition) is 3. The Bertz CT molecular complexity index is 380. The molecule has 1 saturated heterocycles. The zero-order valence-electron chi connectivity index (χ0n) is 13.3. The molecule has 0 spiro atoms. The van der Waals surface area contributed by atoms with Crippen molar-refractivity contribution in [3.63, 3.8) is 0 Å². The van der Waals surface area contributed by atoms with Gasteiger partial charge >= 0.3 is 0 Å². The number of hydrogen-bond donors (Lipinski definition) is 1. The fraction of sp³-hybridized carbons (Fsp3) is 0.812. The van der Waals surface area contributed by atoms with Gasteiger partial charge in [-0.25, -0.2) is 4.98 Å². The molecule has 0 radical (unpaired) electrons. The lowest BCUT2D eigenvalue weighted by molar-refractivity contribution is 0.163. The SMILES string of the molecule is CCCNC(C)C1CCN(CCc2nccn2C)CC1. The van der Waals surface area contributed by atoms with Gasteiger partial charge in [0.1, 0.15) is 5.82 Å². The molecule has 1 aliphatic heterocycles. The molecule has 4 heteroatoms. The maximum atomic E-state index is 4.40. The Morgan fingerprint density at radius 3 is 2.75 bits per heavy atom. The highest BCUT2D eigenvalue weighted by atomic mass is 15.1. The highest BCUT2D eigenvalue weighted by Crippen LogP contribution is 2.20. The predicted octanol–water partition coefficient (Wildman–Crippen LogP) is 2.06. The van der Waals surface area contributed by atoms with Crippen LogP contribution in [-0.4, -0.2) is 46.7 Å². The molecule has 1 fully saturated rings. The molecule has 1 aliphatic rings. The van der Waals surface area contributed by atoms with Crippen LogP contribution in [0, 0.1) is 5.92 Å². The molecule has 1 N–H and O–H groups in total. The first kappa shape index (κ1) is 15.5. The molecule has 20 heavy (non-hydrogen) atoms. The van der Waals surface area contributed by atoms with Gasteiger partial charge in [0.2, 0.25) is 0 Å². The summed E-state index contributed by atoms with van der Waals surface area (Å²) < 4.78 is 2.13. The Labute approximate surface area is 123 Å². The maximum absolute atomic E-state index is 4.40. The van der Waals surface area contributed by atoms with Gasteiger partial charge in [-0.1, -0.05) is 6.92 Å². The second-order valence-corrected chi connectivity index (χ2v) is 6.13. The minimum absolute atomic E-state index is 0.673. The molecule has 1 atom stereocenters. The summed E-state index contributed by atoms with van der Waals surface area (Å²) in [4.78, 5) is 7.00. The molecule has 0 aromatic carbocycles. The molecule has 1 aromatic rings. The smallest absolute Gasteiger partial charge is 0.109 e. The highest BCUT2D eigenvalue weighted by molar-refractivity contribution is 4.92. The van der Waals surface area contributed by atoms with Gasteiger partial charge in [0.05, 0.1) is 0 Å². The van der Waals surface area contributed by atoms with E-state index in [4.69, 9.17) is 0 Å². The molecule has 0 amide bonds. The molecule has 2 rings (SSSR count). The van der Waals surface area contributed by atoms with Crippen molar-refractivity contribution in [1.82, 2.24) is 19.8 Å². The van der Waals surface area contributed by atoms with Crippen LogP contribution in [0.4, 0.5) is 0 Å². The van der Waals surface area contributed by atoms with Crippen molar-refractivity contribution < 1.29 is 0 Å². The van der Waals surface area contributed by atoms with Crippen molar-refractivity contribution in [3.8, 4) is 0 Å². The van der Waals surface area contributed by atoms with Crippen molar-refractivity contribution in [2.24, 2.45) is 13.0 Å². The number of nitrogens with zero attached hydrogens (tertiary/aromatic N) is 3. The van der Waals surface area contributed by atoms with Crippen LogP contribution in [0.3, 0.4) is 0 Å². The average Bonchev–Trinajstić information content (AvgIpc) is 2.88. The van der Waals surface area contributed by atoms with Crippen molar-refractivity contribution >= 4 is 0 Å². The number of rotatable bonds is 7. The molecular weight excluding hydrogens is 248 g/mol. The molecular formula is C16H30N4. The molecule has 4 nitrogen and oxygen atoms in total. The molecule has 2 heterocycles. The number of likely N-dealkylation sites (tertiary alicyclic amines) is 1. The van der Waals surface area contributed by atoms with Gasteiger partial charge in [-0.3, -0.25) is 0 Å². The summed E-state index contributed by atoms with van der Waals surface area (Å²) in [6, 6.07) is 0.673. The van der Waals surface area contributed by atoms with Gasteiger partial charge in [0, 0.05) is 38.4 Å². The summed E-state index contributed by atoms with van der Waals surface area (Å²) in [6.07, 6.45) is 8.88. The van der Waals surface area contributed by atoms with Crippen LogP contribution in [0.1, 0.15) is 38.9 Å². The lowest BCUT2D eigenvalue weighted by Gasteiger charge is -2.35. The fourth-order valence-corrected chi connectivity index (χ4v) is 3.11. The lowest BCUT2D eigenvalue weighted by atomic mass is 9.90. The maximum Gasteiger partial charge on any atom is 0.109 e. The third-order valence-corrected chi connectivity index (χ3v) is 4.63. The Morgan fingerprint density at radius 2 is 2.15 bits per heavy atom. The van der Waals surface area contributed by atoms with Crippen LogP contribution in [0.2, 0.25) is 0 Å². The highest BCUT2D eigenvalue weighted by Gasteiger charge is 2.23. The Balaban J connectivity index is 1.68. The zero-order valence-corrected chi connectivity index (χ0v) is 13.3. The molecule has 1 unspecified atom stereocenters. The van der Waals surface area contributed by atoms with Crippen LogP contribution >= 0.6 is 0 Å². The first-order chi connectivity index (χ1) is 9.70. The number of piperidine rings is 1. The first-order valence-corrected chi connectivity index (χ1v) is 8.12. The van der Waals surface area contributed by atoms with E-state index in [0.717, 1.165) is 25.4 Å². The second kappa shape index (κ2) is 7.79. The van der Waals surface area contributed by atoms with Crippen molar-refractivity contribution in [1.29, 1.82) is 0 Å². The van der Waals surface area contributed by atoms with E-state index in [9.17, 15) is 0 Å². The van der Waals surface area contributed by atoms with Gasteiger partial charge in [0.25, 0.3) is 0 Å². The summed E-state index contributed by atoms with van der Waals surface area (Å²) in [6.45, 7) is 9.37. The van der Waals surface area contributed by atoms with E-state index in [-0.39, 0.29) is 0 Å². The largest absolute Gasteiger partial charge is 0.338 e. The summed E-state index contributed by atoms with van der Waals surface area (Å²) >= 11 is 0. The standard InChI is InChI=1S/C16H30N4/c1-4-8-17-14(2)15-5-10-20(11-6-15)12-7-16-18-9-13-19(16)3/h9,13-15,17H,4-8,10-12H2,1-3H3. The minimum Gasteiger partial charge on any atom is -0.338 e. The van der Waals surface area contributed by atoms with E-state index in [2.05, 4.69) is 40.7 Å². The van der Waals surface area contributed by atoms with Gasteiger partial charge in [0.15, 0.2) is 0 Å². The van der Waals surface area contributed by atoms with Crippen molar-refractivity contribution in [2.75, 3.05) is 26.2 Å². The van der Waals surface area contributed by atoms with Crippen LogP contribution in [0.15, 0.2) is 12.4 Å². The normalized spacial score (nSPS) is 19.4. The van der Waals surface area contributed by atoms with E-state index in [1.54, 1.807) is 0 Å².